The number of rotatable bonds is 4. The summed E-state index contributed by atoms with van der Waals surface area (Å²) in [6.45, 7) is 1.97. The summed E-state index contributed by atoms with van der Waals surface area (Å²) in [5, 5.41) is 2.51. The van der Waals surface area contributed by atoms with Gasteiger partial charge in [0.2, 0.25) is 0 Å². The summed E-state index contributed by atoms with van der Waals surface area (Å²) in [5.41, 5.74) is 2.35. The Labute approximate surface area is 143 Å². The quantitative estimate of drug-likeness (QED) is 0.790. The minimum absolute atomic E-state index is 0.110. The summed E-state index contributed by atoms with van der Waals surface area (Å²) in [6.07, 6.45) is 5.26. The van der Waals surface area contributed by atoms with Crippen LogP contribution in [0.2, 0.25) is 0 Å². The molecular weight excluding hydrogens is 323 g/mol. The van der Waals surface area contributed by atoms with Crippen molar-refractivity contribution in [2.24, 2.45) is 0 Å². The number of ether oxygens (including phenoxy) is 1. The van der Waals surface area contributed by atoms with Crippen LogP contribution in [0, 0.1) is 12.7 Å². The van der Waals surface area contributed by atoms with E-state index in [0.717, 1.165) is 17.3 Å². The second kappa shape index (κ2) is 7.04. The minimum atomic E-state index is -0.700. The SMILES string of the molecule is COc1ccc(C)cc1-c1cnc(NC(=O)c2ccncc2F)cn1. The highest BCUT2D eigenvalue weighted by atomic mass is 19.1. The lowest BCUT2D eigenvalue weighted by Gasteiger charge is -2.09. The maximum Gasteiger partial charge on any atom is 0.259 e. The Hall–Kier alpha value is -3.35. The molecule has 7 heteroatoms. The number of aromatic nitrogens is 3. The Morgan fingerprint density at radius 2 is 2.00 bits per heavy atom. The number of anilines is 1. The molecule has 126 valence electrons. The van der Waals surface area contributed by atoms with Crippen LogP contribution in [0.3, 0.4) is 0 Å². The van der Waals surface area contributed by atoms with E-state index in [1.54, 1.807) is 7.11 Å². The van der Waals surface area contributed by atoms with E-state index in [1.165, 1.54) is 24.7 Å². The van der Waals surface area contributed by atoms with Crippen LogP contribution in [0.15, 0.2) is 49.1 Å². The number of benzene rings is 1. The van der Waals surface area contributed by atoms with Crippen LogP contribution in [0.5, 0.6) is 5.75 Å². The lowest BCUT2D eigenvalue weighted by molar-refractivity contribution is 0.102. The molecule has 0 radical (unpaired) electrons. The third-order valence-electron chi connectivity index (χ3n) is 3.54. The van der Waals surface area contributed by atoms with Crippen molar-refractivity contribution < 1.29 is 13.9 Å². The third kappa shape index (κ3) is 3.60. The number of amides is 1. The van der Waals surface area contributed by atoms with E-state index in [0.29, 0.717) is 11.4 Å². The minimum Gasteiger partial charge on any atom is -0.496 e. The maximum atomic E-state index is 13.6. The summed E-state index contributed by atoms with van der Waals surface area (Å²) in [5.74, 6) is -0.420. The predicted molar refractivity (Wildman–Crippen MR) is 90.9 cm³/mol. The Balaban J connectivity index is 1.83. The molecule has 6 nitrogen and oxygen atoms in total. The van der Waals surface area contributed by atoms with Gasteiger partial charge in [0, 0.05) is 11.8 Å². The zero-order chi connectivity index (χ0) is 17.8. The van der Waals surface area contributed by atoms with E-state index >= 15 is 0 Å². The van der Waals surface area contributed by atoms with Crippen molar-refractivity contribution in [2.75, 3.05) is 12.4 Å². The van der Waals surface area contributed by atoms with Crippen LogP contribution in [0.4, 0.5) is 10.2 Å². The normalized spacial score (nSPS) is 10.4. The topological polar surface area (TPSA) is 77.0 Å². The van der Waals surface area contributed by atoms with E-state index in [-0.39, 0.29) is 11.4 Å². The van der Waals surface area contributed by atoms with E-state index in [4.69, 9.17) is 4.74 Å². The van der Waals surface area contributed by atoms with Gasteiger partial charge >= 0.3 is 0 Å². The van der Waals surface area contributed by atoms with Gasteiger partial charge in [-0.25, -0.2) is 9.37 Å². The standard InChI is InChI=1S/C18H15FN4O2/c1-11-3-4-16(25-2)13(7-11)15-9-22-17(10-21-15)23-18(24)12-5-6-20-8-14(12)19/h3-10H,1-2H3,(H,22,23,24). The molecule has 0 saturated heterocycles. The van der Waals surface area contributed by atoms with Gasteiger partial charge in [-0.05, 0) is 25.1 Å². The summed E-state index contributed by atoms with van der Waals surface area (Å²) in [6, 6.07) is 7.03. The first-order valence-corrected chi connectivity index (χ1v) is 7.46. The van der Waals surface area contributed by atoms with Crippen LogP contribution in [0.1, 0.15) is 15.9 Å². The number of nitrogens with one attached hydrogen (secondary N) is 1. The van der Waals surface area contributed by atoms with E-state index in [1.807, 2.05) is 25.1 Å². The number of carbonyl (C=O) groups excluding carboxylic acids is 1. The number of aryl methyl sites for hydroxylation is 1. The molecule has 1 amide bonds. The molecule has 0 fully saturated rings. The molecule has 0 aliphatic rings. The van der Waals surface area contributed by atoms with Crippen LogP contribution in [0.25, 0.3) is 11.3 Å². The molecule has 2 aromatic heterocycles. The van der Waals surface area contributed by atoms with E-state index < -0.39 is 11.7 Å². The molecule has 3 aromatic rings. The molecule has 0 atom stereocenters. The highest BCUT2D eigenvalue weighted by Gasteiger charge is 2.13. The number of hydrogen-bond acceptors (Lipinski definition) is 5. The highest BCUT2D eigenvalue weighted by molar-refractivity contribution is 6.03. The summed E-state index contributed by atoms with van der Waals surface area (Å²) < 4.78 is 18.9. The fourth-order valence-corrected chi connectivity index (χ4v) is 2.30. The third-order valence-corrected chi connectivity index (χ3v) is 3.54. The maximum absolute atomic E-state index is 13.6. The molecule has 0 aliphatic carbocycles. The fraction of sp³-hybridized carbons (Fsp3) is 0.111. The molecule has 25 heavy (non-hydrogen) atoms. The lowest BCUT2D eigenvalue weighted by atomic mass is 10.1. The molecule has 3 rings (SSSR count). The zero-order valence-electron chi connectivity index (χ0n) is 13.7. The lowest BCUT2D eigenvalue weighted by Crippen LogP contribution is -2.15. The smallest absolute Gasteiger partial charge is 0.259 e. The van der Waals surface area contributed by atoms with Crippen molar-refractivity contribution in [3.63, 3.8) is 0 Å². The van der Waals surface area contributed by atoms with Gasteiger partial charge in [0.1, 0.15) is 5.75 Å². The van der Waals surface area contributed by atoms with Gasteiger partial charge in [0.25, 0.3) is 5.91 Å². The number of carbonyl (C=O) groups is 1. The van der Waals surface area contributed by atoms with Crippen LogP contribution < -0.4 is 10.1 Å². The number of pyridine rings is 1. The number of halogens is 1. The summed E-state index contributed by atoms with van der Waals surface area (Å²) in [4.78, 5) is 24.1. The average molecular weight is 338 g/mol. The van der Waals surface area contributed by atoms with Crippen molar-refractivity contribution in [3.8, 4) is 17.0 Å². The van der Waals surface area contributed by atoms with Crippen molar-refractivity contribution >= 4 is 11.7 Å². The van der Waals surface area contributed by atoms with Gasteiger partial charge in [-0.15, -0.1) is 0 Å². The van der Waals surface area contributed by atoms with Crippen LogP contribution in [-0.4, -0.2) is 28.0 Å². The summed E-state index contributed by atoms with van der Waals surface area (Å²) in [7, 11) is 1.58. The van der Waals surface area contributed by atoms with E-state index in [9.17, 15) is 9.18 Å². The molecule has 1 N–H and O–H groups in total. The first-order chi connectivity index (χ1) is 12.1. The Morgan fingerprint density at radius 3 is 2.68 bits per heavy atom. The van der Waals surface area contributed by atoms with Crippen LogP contribution in [-0.2, 0) is 0 Å². The second-order valence-electron chi connectivity index (χ2n) is 5.30. The second-order valence-corrected chi connectivity index (χ2v) is 5.30. The molecular formula is C18H15FN4O2. The van der Waals surface area contributed by atoms with Crippen molar-refractivity contribution in [1.82, 2.24) is 15.0 Å². The monoisotopic (exact) mass is 338 g/mol. The Kier molecular flexibility index (Phi) is 4.65. The van der Waals surface area contributed by atoms with Gasteiger partial charge in [-0.1, -0.05) is 11.6 Å². The van der Waals surface area contributed by atoms with Gasteiger partial charge < -0.3 is 10.1 Å². The highest BCUT2D eigenvalue weighted by Crippen LogP contribution is 2.29. The van der Waals surface area contributed by atoms with Crippen LogP contribution >= 0.6 is 0 Å². The van der Waals surface area contributed by atoms with E-state index in [2.05, 4.69) is 20.3 Å². The van der Waals surface area contributed by atoms with Gasteiger partial charge in [0.05, 0.1) is 37.0 Å². The number of methoxy groups -OCH3 is 1. The van der Waals surface area contributed by atoms with Crippen molar-refractivity contribution in [3.05, 3.63) is 66.0 Å². The summed E-state index contributed by atoms with van der Waals surface area (Å²) >= 11 is 0. The molecule has 0 saturated carbocycles. The number of nitrogens with zero attached hydrogens (tertiary/aromatic N) is 3. The molecule has 0 aliphatic heterocycles. The largest absolute Gasteiger partial charge is 0.496 e. The molecule has 0 bridgehead atoms. The Bertz CT molecular complexity index is 913. The molecule has 0 spiro atoms. The Morgan fingerprint density at radius 1 is 1.16 bits per heavy atom. The predicted octanol–water partition coefficient (Wildman–Crippen LogP) is 3.25. The molecule has 1 aromatic carbocycles. The van der Waals surface area contributed by atoms with Gasteiger partial charge in [-0.3, -0.25) is 14.8 Å². The fourth-order valence-electron chi connectivity index (χ4n) is 2.30. The first kappa shape index (κ1) is 16.5. The first-order valence-electron chi connectivity index (χ1n) is 7.46. The zero-order valence-corrected chi connectivity index (χ0v) is 13.7. The molecule has 2 heterocycles. The number of hydrogen-bond donors (Lipinski definition) is 1. The molecule has 0 unspecified atom stereocenters. The van der Waals surface area contributed by atoms with Gasteiger partial charge in [0.15, 0.2) is 11.6 Å². The van der Waals surface area contributed by atoms with Crippen molar-refractivity contribution in [1.29, 1.82) is 0 Å². The van der Waals surface area contributed by atoms with Crippen molar-refractivity contribution in [2.45, 2.75) is 6.92 Å². The average Bonchev–Trinajstić information content (AvgIpc) is 2.62. The van der Waals surface area contributed by atoms with Gasteiger partial charge in [-0.2, -0.15) is 0 Å².